The molecule has 8 heteroatoms. The standard InChI is InChI=1S/C20H17N7O/c28-20(17-11-22-8-9-23-17)26-10-5-16(12-26)19-18-2-1-15(13-27(18)25-24-19)14-3-6-21-7-4-14/h1-4,6-9,11,13,16H,5,10,12H2. The minimum absolute atomic E-state index is 0.0907. The Morgan fingerprint density at radius 2 is 1.89 bits per heavy atom. The minimum Gasteiger partial charge on any atom is -0.337 e. The summed E-state index contributed by atoms with van der Waals surface area (Å²) in [6.45, 7) is 1.28. The van der Waals surface area contributed by atoms with Gasteiger partial charge in [-0.05, 0) is 30.2 Å². The summed E-state index contributed by atoms with van der Waals surface area (Å²) in [6, 6.07) is 8.03. The lowest BCUT2D eigenvalue weighted by Gasteiger charge is -2.15. The van der Waals surface area contributed by atoms with Crippen LogP contribution in [0.25, 0.3) is 16.6 Å². The van der Waals surface area contributed by atoms with Crippen molar-refractivity contribution in [2.75, 3.05) is 13.1 Å². The van der Waals surface area contributed by atoms with Crippen LogP contribution in [0.2, 0.25) is 0 Å². The molecule has 5 rings (SSSR count). The number of nitrogens with zero attached hydrogens (tertiary/aromatic N) is 7. The topological polar surface area (TPSA) is 89.2 Å². The minimum atomic E-state index is -0.0907. The summed E-state index contributed by atoms with van der Waals surface area (Å²) in [4.78, 5) is 26.6. The average Bonchev–Trinajstić information content (AvgIpc) is 3.41. The number of pyridine rings is 2. The molecule has 1 saturated heterocycles. The molecule has 1 aliphatic rings. The Kier molecular flexibility index (Phi) is 4.01. The number of likely N-dealkylation sites (tertiary alicyclic amines) is 1. The Hall–Kier alpha value is -3.68. The van der Waals surface area contributed by atoms with Gasteiger partial charge in [0.2, 0.25) is 0 Å². The van der Waals surface area contributed by atoms with Gasteiger partial charge < -0.3 is 4.90 Å². The van der Waals surface area contributed by atoms with Crippen LogP contribution in [-0.4, -0.2) is 53.7 Å². The molecule has 138 valence electrons. The van der Waals surface area contributed by atoms with Crippen molar-refractivity contribution in [3.8, 4) is 11.1 Å². The van der Waals surface area contributed by atoms with E-state index >= 15 is 0 Å². The van der Waals surface area contributed by atoms with Crippen molar-refractivity contribution in [3.63, 3.8) is 0 Å². The second-order valence-corrected chi connectivity index (χ2v) is 6.79. The monoisotopic (exact) mass is 371 g/mol. The second kappa shape index (κ2) is 6.80. The number of hydrogen-bond donors (Lipinski definition) is 0. The fourth-order valence-corrected chi connectivity index (χ4v) is 3.66. The van der Waals surface area contributed by atoms with Crippen LogP contribution >= 0.6 is 0 Å². The van der Waals surface area contributed by atoms with Gasteiger partial charge >= 0.3 is 0 Å². The van der Waals surface area contributed by atoms with Crippen molar-refractivity contribution in [3.05, 3.63) is 72.8 Å². The van der Waals surface area contributed by atoms with E-state index < -0.39 is 0 Å². The highest BCUT2D eigenvalue weighted by atomic mass is 16.2. The second-order valence-electron chi connectivity index (χ2n) is 6.79. The molecular formula is C20H17N7O. The lowest BCUT2D eigenvalue weighted by Crippen LogP contribution is -2.29. The number of amides is 1. The summed E-state index contributed by atoms with van der Waals surface area (Å²) >= 11 is 0. The first-order valence-corrected chi connectivity index (χ1v) is 9.10. The van der Waals surface area contributed by atoms with Gasteiger partial charge in [0.15, 0.2) is 0 Å². The van der Waals surface area contributed by atoms with Gasteiger partial charge in [-0.25, -0.2) is 9.50 Å². The molecule has 0 spiro atoms. The number of hydrogen-bond acceptors (Lipinski definition) is 6. The quantitative estimate of drug-likeness (QED) is 0.549. The molecule has 1 unspecified atom stereocenters. The number of aromatic nitrogens is 6. The summed E-state index contributed by atoms with van der Waals surface area (Å²) in [5.41, 5.74) is 4.40. The lowest BCUT2D eigenvalue weighted by atomic mass is 10.0. The molecule has 1 amide bonds. The molecule has 0 aromatic carbocycles. The third-order valence-electron chi connectivity index (χ3n) is 5.10. The maximum absolute atomic E-state index is 12.6. The molecule has 5 heterocycles. The molecule has 0 aliphatic carbocycles. The van der Waals surface area contributed by atoms with Crippen molar-refractivity contribution >= 4 is 11.4 Å². The predicted molar refractivity (Wildman–Crippen MR) is 102 cm³/mol. The van der Waals surface area contributed by atoms with Crippen LogP contribution in [0.1, 0.15) is 28.5 Å². The number of carbonyl (C=O) groups excluding carboxylic acids is 1. The molecule has 4 aromatic heterocycles. The molecule has 0 N–H and O–H groups in total. The van der Waals surface area contributed by atoms with Crippen LogP contribution in [0.15, 0.2) is 61.4 Å². The number of carbonyl (C=O) groups is 1. The maximum Gasteiger partial charge on any atom is 0.274 e. The highest BCUT2D eigenvalue weighted by Crippen LogP contribution is 2.30. The fraction of sp³-hybridized carbons (Fsp3) is 0.200. The van der Waals surface area contributed by atoms with E-state index in [1.54, 1.807) is 23.1 Å². The molecule has 1 aliphatic heterocycles. The summed E-state index contributed by atoms with van der Waals surface area (Å²) in [5, 5.41) is 8.72. The summed E-state index contributed by atoms with van der Waals surface area (Å²) in [5.74, 6) is 0.0666. The first kappa shape index (κ1) is 16.5. The van der Waals surface area contributed by atoms with Gasteiger partial charge in [-0.15, -0.1) is 5.10 Å². The SMILES string of the molecule is O=C(c1cnccn1)N1CCC(c2nnn3cc(-c4ccncc4)ccc23)C1. The van der Waals surface area contributed by atoms with Crippen molar-refractivity contribution in [1.29, 1.82) is 0 Å². The van der Waals surface area contributed by atoms with Crippen molar-refractivity contribution in [2.24, 2.45) is 0 Å². The molecule has 1 atom stereocenters. The van der Waals surface area contributed by atoms with Crippen LogP contribution in [0.4, 0.5) is 0 Å². The van der Waals surface area contributed by atoms with E-state index in [0.717, 1.165) is 28.8 Å². The van der Waals surface area contributed by atoms with E-state index in [-0.39, 0.29) is 11.8 Å². The largest absolute Gasteiger partial charge is 0.337 e. The van der Waals surface area contributed by atoms with E-state index in [1.807, 2.05) is 29.3 Å². The van der Waals surface area contributed by atoms with Gasteiger partial charge in [-0.3, -0.25) is 14.8 Å². The predicted octanol–water partition coefficient (Wildman–Crippen LogP) is 2.21. The number of fused-ring (bicyclic) bond motifs is 1. The van der Waals surface area contributed by atoms with Crippen LogP contribution in [0.3, 0.4) is 0 Å². The molecule has 0 bridgehead atoms. The maximum atomic E-state index is 12.6. The first-order chi connectivity index (χ1) is 13.8. The highest BCUT2D eigenvalue weighted by molar-refractivity contribution is 5.92. The summed E-state index contributed by atoms with van der Waals surface area (Å²) in [6.07, 6.45) is 11.0. The van der Waals surface area contributed by atoms with Crippen LogP contribution < -0.4 is 0 Å². The van der Waals surface area contributed by atoms with Crippen LogP contribution in [-0.2, 0) is 0 Å². The van der Waals surface area contributed by atoms with E-state index in [1.165, 1.54) is 12.4 Å². The number of rotatable bonds is 3. The van der Waals surface area contributed by atoms with Crippen molar-refractivity contribution in [1.82, 2.24) is 34.7 Å². The zero-order chi connectivity index (χ0) is 18.9. The Morgan fingerprint density at radius 1 is 1.00 bits per heavy atom. The Balaban J connectivity index is 1.39. The smallest absolute Gasteiger partial charge is 0.274 e. The third-order valence-corrected chi connectivity index (χ3v) is 5.10. The molecule has 0 radical (unpaired) electrons. The zero-order valence-electron chi connectivity index (χ0n) is 15.0. The van der Waals surface area contributed by atoms with Gasteiger partial charge in [0.05, 0.1) is 17.4 Å². The fourth-order valence-electron chi connectivity index (χ4n) is 3.66. The normalized spacial score (nSPS) is 16.6. The third kappa shape index (κ3) is 2.88. The Morgan fingerprint density at radius 3 is 2.71 bits per heavy atom. The lowest BCUT2D eigenvalue weighted by molar-refractivity contribution is 0.0784. The van der Waals surface area contributed by atoms with Crippen molar-refractivity contribution in [2.45, 2.75) is 12.3 Å². The van der Waals surface area contributed by atoms with Crippen LogP contribution in [0.5, 0.6) is 0 Å². The molecule has 4 aromatic rings. The molecule has 1 fully saturated rings. The van der Waals surface area contributed by atoms with E-state index in [2.05, 4.69) is 31.3 Å². The van der Waals surface area contributed by atoms with E-state index in [4.69, 9.17) is 0 Å². The van der Waals surface area contributed by atoms with Gasteiger partial charge in [0, 0.05) is 55.6 Å². The molecular weight excluding hydrogens is 354 g/mol. The Bertz CT molecular complexity index is 1130. The van der Waals surface area contributed by atoms with Gasteiger partial charge in [0.25, 0.3) is 5.91 Å². The van der Waals surface area contributed by atoms with Gasteiger partial charge in [0.1, 0.15) is 5.69 Å². The van der Waals surface area contributed by atoms with E-state index in [0.29, 0.717) is 18.8 Å². The van der Waals surface area contributed by atoms with Crippen LogP contribution in [0, 0.1) is 0 Å². The van der Waals surface area contributed by atoms with Crippen molar-refractivity contribution < 1.29 is 4.79 Å². The molecule has 0 saturated carbocycles. The summed E-state index contributed by atoms with van der Waals surface area (Å²) < 4.78 is 1.80. The molecule has 8 nitrogen and oxygen atoms in total. The zero-order valence-corrected chi connectivity index (χ0v) is 15.0. The highest BCUT2D eigenvalue weighted by Gasteiger charge is 2.31. The van der Waals surface area contributed by atoms with Gasteiger partial charge in [-0.2, -0.15) is 0 Å². The first-order valence-electron chi connectivity index (χ1n) is 9.10. The Labute approximate surface area is 160 Å². The molecule has 28 heavy (non-hydrogen) atoms. The summed E-state index contributed by atoms with van der Waals surface area (Å²) in [7, 11) is 0. The average molecular weight is 371 g/mol. The van der Waals surface area contributed by atoms with E-state index in [9.17, 15) is 4.79 Å². The van der Waals surface area contributed by atoms with Gasteiger partial charge in [-0.1, -0.05) is 11.3 Å².